The van der Waals surface area contributed by atoms with Crippen LogP contribution in [-0.2, 0) is 19.6 Å². The number of hydrogen-bond donors (Lipinski definition) is 1. The molecule has 9 nitrogen and oxygen atoms in total. The molecule has 0 aliphatic carbocycles. The zero-order chi connectivity index (χ0) is 20.0. The minimum atomic E-state index is -3.84. The Labute approximate surface area is 159 Å². The minimum Gasteiger partial charge on any atom is -0.497 e. The van der Waals surface area contributed by atoms with Crippen molar-refractivity contribution in [3.8, 4) is 5.75 Å². The van der Waals surface area contributed by atoms with Crippen molar-refractivity contribution in [2.45, 2.75) is 24.8 Å². The van der Waals surface area contributed by atoms with Gasteiger partial charge < -0.3 is 19.3 Å². The van der Waals surface area contributed by atoms with Gasteiger partial charge in [-0.05, 0) is 38.1 Å². The molecule has 1 heterocycles. The Morgan fingerprint density at radius 1 is 1.11 bits per heavy atom. The molecular formula is C17H25N3O6S. The zero-order valence-electron chi connectivity index (χ0n) is 15.7. The molecule has 0 saturated carbocycles. The Balaban J connectivity index is 1.94. The number of nitrogens with one attached hydrogen (secondary N) is 1. The number of methoxy groups -OCH3 is 1. The maximum absolute atomic E-state index is 12.6. The third-order valence-electron chi connectivity index (χ3n) is 4.19. The van der Waals surface area contributed by atoms with Gasteiger partial charge in [-0.15, -0.1) is 0 Å². The van der Waals surface area contributed by atoms with Gasteiger partial charge in [-0.25, -0.2) is 13.2 Å². The number of ether oxygens (including phenoxy) is 2. The van der Waals surface area contributed by atoms with Gasteiger partial charge in [-0.2, -0.15) is 4.72 Å². The maximum atomic E-state index is 12.6. The van der Waals surface area contributed by atoms with Crippen LogP contribution in [0.2, 0.25) is 0 Å². The van der Waals surface area contributed by atoms with Crippen molar-refractivity contribution in [3.63, 3.8) is 0 Å². The topological polar surface area (TPSA) is 105 Å². The summed E-state index contributed by atoms with van der Waals surface area (Å²) in [7, 11) is -2.35. The SMILES string of the molecule is CCOC(=O)N1CCN(C(=O)[C@H](C)NS(=O)(=O)c2ccc(OC)cc2)CC1. The smallest absolute Gasteiger partial charge is 0.409 e. The Bertz CT molecular complexity index is 757. The second-order valence-corrected chi connectivity index (χ2v) is 7.74. The lowest BCUT2D eigenvalue weighted by atomic mass is 10.2. The van der Waals surface area contributed by atoms with Gasteiger partial charge in [0.1, 0.15) is 5.75 Å². The average molecular weight is 399 g/mol. The summed E-state index contributed by atoms with van der Waals surface area (Å²) in [6.07, 6.45) is -0.405. The maximum Gasteiger partial charge on any atom is 0.409 e. The van der Waals surface area contributed by atoms with Crippen LogP contribution in [0.5, 0.6) is 5.75 Å². The molecule has 1 saturated heterocycles. The van der Waals surface area contributed by atoms with Gasteiger partial charge in [0.15, 0.2) is 0 Å². The van der Waals surface area contributed by atoms with Gasteiger partial charge in [0, 0.05) is 26.2 Å². The van der Waals surface area contributed by atoms with Crippen LogP contribution in [0.1, 0.15) is 13.8 Å². The van der Waals surface area contributed by atoms with Gasteiger partial charge in [0.05, 0.1) is 24.7 Å². The van der Waals surface area contributed by atoms with E-state index in [4.69, 9.17) is 9.47 Å². The summed E-state index contributed by atoms with van der Waals surface area (Å²) in [5.74, 6) is 0.202. The fourth-order valence-electron chi connectivity index (χ4n) is 2.70. The number of sulfonamides is 1. The standard InChI is InChI=1S/C17H25N3O6S/c1-4-26-17(22)20-11-9-19(10-12-20)16(21)13(2)18-27(23,24)15-7-5-14(25-3)6-8-15/h5-8,13,18H,4,9-12H2,1-3H3/t13-/m0/s1. The van der Waals surface area contributed by atoms with Crippen LogP contribution in [0.25, 0.3) is 0 Å². The molecule has 10 heteroatoms. The molecule has 0 bridgehead atoms. The Kier molecular flexibility index (Phi) is 7.03. The highest BCUT2D eigenvalue weighted by atomic mass is 32.2. The third kappa shape index (κ3) is 5.33. The number of piperazine rings is 1. The molecule has 27 heavy (non-hydrogen) atoms. The summed E-state index contributed by atoms with van der Waals surface area (Å²) in [6.45, 7) is 4.88. The average Bonchev–Trinajstić information content (AvgIpc) is 2.67. The number of hydrogen-bond acceptors (Lipinski definition) is 6. The molecule has 1 fully saturated rings. The van der Waals surface area contributed by atoms with Crippen LogP contribution in [0.15, 0.2) is 29.2 Å². The van der Waals surface area contributed by atoms with Crippen LogP contribution >= 0.6 is 0 Å². The molecule has 1 aliphatic heterocycles. The van der Waals surface area contributed by atoms with Crippen molar-refractivity contribution in [1.29, 1.82) is 0 Å². The molecular weight excluding hydrogens is 374 g/mol. The van der Waals surface area contributed by atoms with Crippen LogP contribution in [0, 0.1) is 0 Å². The Morgan fingerprint density at radius 2 is 1.67 bits per heavy atom. The van der Waals surface area contributed by atoms with Gasteiger partial charge in [-0.1, -0.05) is 0 Å². The van der Waals surface area contributed by atoms with Crippen molar-refractivity contribution in [1.82, 2.24) is 14.5 Å². The summed E-state index contributed by atoms with van der Waals surface area (Å²) in [6, 6.07) is 4.98. The van der Waals surface area contributed by atoms with E-state index in [2.05, 4.69) is 4.72 Å². The number of nitrogens with zero attached hydrogens (tertiary/aromatic N) is 2. The van der Waals surface area contributed by atoms with E-state index in [1.807, 2.05) is 0 Å². The fraction of sp³-hybridized carbons (Fsp3) is 0.529. The minimum absolute atomic E-state index is 0.0510. The van der Waals surface area contributed by atoms with Gasteiger partial charge in [0.2, 0.25) is 15.9 Å². The molecule has 1 aliphatic rings. The second kappa shape index (κ2) is 9.05. The van der Waals surface area contributed by atoms with E-state index >= 15 is 0 Å². The lowest BCUT2D eigenvalue weighted by molar-refractivity contribution is -0.134. The first-order valence-corrected chi connectivity index (χ1v) is 10.1. The largest absolute Gasteiger partial charge is 0.497 e. The first-order valence-electron chi connectivity index (χ1n) is 8.65. The van der Waals surface area contributed by atoms with Crippen LogP contribution in [0.4, 0.5) is 4.79 Å². The lowest BCUT2D eigenvalue weighted by Crippen LogP contribution is -2.55. The van der Waals surface area contributed by atoms with Crippen LogP contribution in [0.3, 0.4) is 0 Å². The fourth-order valence-corrected chi connectivity index (χ4v) is 3.90. The highest BCUT2D eigenvalue weighted by molar-refractivity contribution is 7.89. The van der Waals surface area contributed by atoms with Crippen molar-refractivity contribution >= 4 is 22.0 Å². The van der Waals surface area contributed by atoms with Gasteiger partial charge >= 0.3 is 6.09 Å². The number of benzene rings is 1. The van der Waals surface area contributed by atoms with Crippen LogP contribution < -0.4 is 9.46 Å². The van der Waals surface area contributed by atoms with Crippen LogP contribution in [-0.4, -0.2) is 76.2 Å². The molecule has 0 radical (unpaired) electrons. The third-order valence-corrected chi connectivity index (χ3v) is 5.75. The van der Waals surface area contributed by atoms with Crippen molar-refractivity contribution in [3.05, 3.63) is 24.3 Å². The summed E-state index contributed by atoms with van der Waals surface area (Å²) in [5, 5.41) is 0. The zero-order valence-corrected chi connectivity index (χ0v) is 16.5. The quantitative estimate of drug-likeness (QED) is 0.754. The summed E-state index contributed by atoms with van der Waals surface area (Å²) in [4.78, 5) is 27.4. The predicted molar refractivity (Wildman–Crippen MR) is 98.0 cm³/mol. The Hall–Kier alpha value is -2.33. The van der Waals surface area contributed by atoms with Gasteiger partial charge in [0.25, 0.3) is 0 Å². The summed E-state index contributed by atoms with van der Waals surface area (Å²) >= 11 is 0. The summed E-state index contributed by atoms with van der Waals surface area (Å²) in [5.41, 5.74) is 0. The van der Waals surface area contributed by atoms with E-state index in [1.54, 1.807) is 6.92 Å². The number of carbonyl (C=O) groups excluding carboxylic acids is 2. The second-order valence-electron chi connectivity index (χ2n) is 6.03. The molecule has 1 aromatic rings. The number of rotatable bonds is 6. The molecule has 1 N–H and O–H groups in total. The molecule has 0 aromatic heterocycles. The molecule has 2 rings (SSSR count). The van der Waals surface area contributed by atoms with E-state index in [0.29, 0.717) is 38.5 Å². The Morgan fingerprint density at radius 3 is 2.19 bits per heavy atom. The van der Waals surface area contributed by atoms with E-state index in [-0.39, 0.29) is 10.8 Å². The predicted octanol–water partition coefficient (Wildman–Crippen LogP) is 0.663. The van der Waals surface area contributed by atoms with E-state index in [0.717, 1.165) is 0 Å². The van der Waals surface area contributed by atoms with E-state index in [9.17, 15) is 18.0 Å². The molecule has 1 atom stereocenters. The molecule has 0 unspecified atom stereocenters. The van der Waals surface area contributed by atoms with E-state index < -0.39 is 22.2 Å². The lowest BCUT2D eigenvalue weighted by Gasteiger charge is -2.35. The van der Waals surface area contributed by atoms with E-state index in [1.165, 1.54) is 48.1 Å². The normalized spacial score (nSPS) is 16.0. The first kappa shape index (κ1) is 21.0. The molecule has 0 spiro atoms. The molecule has 2 amide bonds. The van der Waals surface area contributed by atoms with Crippen molar-refractivity contribution < 1.29 is 27.5 Å². The van der Waals surface area contributed by atoms with Crippen molar-refractivity contribution in [2.24, 2.45) is 0 Å². The number of carbonyl (C=O) groups is 2. The van der Waals surface area contributed by atoms with Gasteiger partial charge in [-0.3, -0.25) is 4.79 Å². The highest BCUT2D eigenvalue weighted by Crippen LogP contribution is 2.16. The highest BCUT2D eigenvalue weighted by Gasteiger charge is 2.29. The van der Waals surface area contributed by atoms with Crippen molar-refractivity contribution in [2.75, 3.05) is 39.9 Å². The molecule has 1 aromatic carbocycles. The first-order chi connectivity index (χ1) is 12.8. The number of amides is 2. The molecule has 150 valence electrons. The monoisotopic (exact) mass is 399 g/mol. The summed E-state index contributed by atoms with van der Waals surface area (Å²) < 4.78 is 37.2.